The van der Waals surface area contributed by atoms with Crippen molar-refractivity contribution in [2.45, 2.75) is 13.5 Å². The SMILES string of the molecule is Cc1ccc(CN(C)C)c(C(=O)O)c1. The molecule has 0 atom stereocenters. The molecule has 0 fully saturated rings. The molecule has 0 spiro atoms. The molecule has 0 amide bonds. The van der Waals surface area contributed by atoms with E-state index in [0.29, 0.717) is 12.1 Å². The van der Waals surface area contributed by atoms with Crippen molar-refractivity contribution < 1.29 is 9.90 Å². The van der Waals surface area contributed by atoms with Gasteiger partial charge in [-0.25, -0.2) is 4.79 Å². The number of aromatic carboxylic acids is 1. The van der Waals surface area contributed by atoms with Gasteiger partial charge in [0.25, 0.3) is 0 Å². The number of aryl methyl sites for hydroxylation is 1. The molecule has 0 aliphatic heterocycles. The molecule has 0 bridgehead atoms. The molecule has 1 N–H and O–H groups in total. The van der Waals surface area contributed by atoms with Crippen LogP contribution in [0.25, 0.3) is 0 Å². The first-order valence-corrected chi connectivity index (χ1v) is 4.48. The summed E-state index contributed by atoms with van der Waals surface area (Å²) in [5.74, 6) is -0.856. The minimum absolute atomic E-state index is 0.402. The van der Waals surface area contributed by atoms with Crippen LogP contribution in [0.15, 0.2) is 18.2 Å². The second-order valence-corrected chi connectivity index (χ2v) is 3.70. The Balaban J connectivity index is 3.08. The highest BCUT2D eigenvalue weighted by Crippen LogP contribution is 2.13. The fraction of sp³-hybridized carbons (Fsp3) is 0.364. The van der Waals surface area contributed by atoms with Gasteiger partial charge in [0.2, 0.25) is 0 Å². The summed E-state index contributed by atoms with van der Waals surface area (Å²) in [6.45, 7) is 2.55. The van der Waals surface area contributed by atoms with Gasteiger partial charge in [-0.2, -0.15) is 0 Å². The third-order valence-electron chi connectivity index (χ3n) is 1.98. The van der Waals surface area contributed by atoms with Gasteiger partial charge in [0.1, 0.15) is 0 Å². The molecule has 1 rings (SSSR count). The molecule has 0 saturated heterocycles. The van der Waals surface area contributed by atoms with Crippen LogP contribution in [0.3, 0.4) is 0 Å². The first-order valence-electron chi connectivity index (χ1n) is 4.48. The van der Waals surface area contributed by atoms with E-state index in [0.717, 1.165) is 11.1 Å². The zero-order valence-electron chi connectivity index (χ0n) is 8.74. The zero-order valence-corrected chi connectivity index (χ0v) is 8.74. The minimum Gasteiger partial charge on any atom is -0.478 e. The molecular weight excluding hydrogens is 178 g/mol. The molecule has 0 saturated carbocycles. The topological polar surface area (TPSA) is 40.5 Å². The predicted molar refractivity (Wildman–Crippen MR) is 55.5 cm³/mol. The van der Waals surface area contributed by atoms with E-state index in [-0.39, 0.29) is 0 Å². The lowest BCUT2D eigenvalue weighted by Gasteiger charge is -2.12. The fourth-order valence-electron chi connectivity index (χ4n) is 1.37. The fourth-order valence-corrected chi connectivity index (χ4v) is 1.37. The van der Waals surface area contributed by atoms with Crippen LogP contribution >= 0.6 is 0 Å². The van der Waals surface area contributed by atoms with Gasteiger partial charge in [0.15, 0.2) is 0 Å². The standard InChI is InChI=1S/C11H15NO2/c1-8-4-5-9(7-12(2)3)10(6-8)11(13)14/h4-6H,7H2,1-3H3,(H,13,14). The Morgan fingerprint density at radius 3 is 2.57 bits per heavy atom. The van der Waals surface area contributed by atoms with Crippen LogP contribution in [-0.4, -0.2) is 30.1 Å². The van der Waals surface area contributed by atoms with Crippen molar-refractivity contribution in [3.05, 3.63) is 34.9 Å². The lowest BCUT2D eigenvalue weighted by Crippen LogP contribution is -2.14. The third kappa shape index (κ3) is 2.57. The Kier molecular flexibility index (Phi) is 3.25. The predicted octanol–water partition coefficient (Wildman–Crippen LogP) is 1.75. The maximum atomic E-state index is 10.9. The van der Waals surface area contributed by atoms with Crippen molar-refractivity contribution in [3.63, 3.8) is 0 Å². The quantitative estimate of drug-likeness (QED) is 0.795. The first kappa shape index (κ1) is 10.7. The van der Waals surface area contributed by atoms with Crippen LogP contribution in [0.5, 0.6) is 0 Å². The summed E-state index contributed by atoms with van der Waals surface area (Å²) < 4.78 is 0. The molecule has 3 nitrogen and oxygen atoms in total. The largest absolute Gasteiger partial charge is 0.478 e. The molecule has 0 aliphatic rings. The molecule has 0 radical (unpaired) electrons. The summed E-state index contributed by atoms with van der Waals surface area (Å²) in [6.07, 6.45) is 0. The van der Waals surface area contributed by atoms with Crippen molar-refractivity contribution in [2.75, 3.05) is 14.1 Å². The number of carboxylic acids is 1. The number of benzene rings is 1. The van der Waals surface area contributed by atoms with E-state index in [2.05, 4.69) is 0 Å². The van der Waals surface area contributed by atoms with Crippen molar-refractivity contribution in [3.8, 4) is 0 Å². The van der Waals surface area contributed by atoms with Gasteiger partial charge in [-0.3, -0.25) is 0 Å². The van der Waals surface area contributed by atoms with Crippen molar-refractivity contribution in [1.82, 2.24) is 4.90 Å². The smallest absolute Gasteiger partial charge is 0.336 e. The molecule has 0 unspecified atom stereocenters. The summed E-state index contributed by atoms with van der Waals surface area (Å²) in [4.78, 5) is 12.9. The van der Waals surface area contributed by atoms with Gasteiger partial charge in [-0.15, -0.1) is 0 Å². The van der Waals surface area contributed by atoms with Gasteiger partial charge in [-0.1, -0.05) is 17.7 Å². The maximum absolute atomic E-state index is 10.9. The molecule has 0 heterocycles. The van der Waals surface area contributed by atoms with Gasteiger partial charge < -0.3 is 10.0 Å². The molecule has 1 aromatic carbocycles. The molecule has 76 valence electrons. The Labute approximate surface area is 84.0 Å². The van der Waals surface area contributed by atoms with Gasteiger partial charge in [-0.05, 0) is 32.6 Å². The highest BCUT2D eigenvalue weighted by molar-refractivity contribution is 5.89. The Morgan fingerprint density at radius 1 is 1.43 bits per heavy atom. The van der Waals surface area contributed by atoms with Gasteiger partial charge in [0.05, 0.1) is 5.56 Å². The second kappa shape index (κ2) is 4.24. The minimum atomic E-state index is -0.856. The molecule has 0 aliphatic carbocycles. The molecule has 1 aromatic rings. The molecule has 0 aromatic heterocycles. The summed E-state index contributed by atoms with van der Waals surface area (Å²) in [5, 5.41) is 8.98. The number of hydrogen-bond acceptors (Lipinski definition) is 2. The van der Waals surface area contributed by atoms with E-state index >= 15 is 0 Å². The van der Waals surface area contributed by atoms with Crippen LogP contribution in [0, 0.1) is 6.92 Å². The first-order chi connectivity index (χ1) is 6.50. The Morgan fingerprint density at radius 2 is 2.07 bits per heavy atom. The number of hydrogen-bond donors (Lipinski definition) is 1. The normalized spacial score (nSPS) is 10.6. The summed E-state index contributed by atoms with van der Waals surface area (Å²) >= 11 is 0. The average molecular weight is 193 g/mol. The number of rotatable bonds is 3. The van der Waals surface area contributed by atoms with E-state index in [9.17, 15) is 4.79 Å². The number of carbonyl (C=O) groups is 1. The van der Waals surface area contributed by atoms with E-state index in [1.54, 1.807) is 6.07 Å². The molecule has 3 heteroatoms. The highest BCUT2D eigenvalue weighted by atomic mass is 16.4. The Hall–Kier alpha value is -1.35. The van der Waals surface area contributed by atoms with E-state index in [4.69, 9.17) is 5.11 Å². The summed E-state index contributed by atoms with van der Waals surface area (Å²) in [6, 6.07) is 5.52. The van der Waals surface area contributed by atoms with Crippen LogP contribution in [-0.2, 0) is 6.54 Å². The number of nitrogens with zero attached hydrogens (tertiary/aromatic N) is 1. The van der Waals surface area contributed by atoms with Crippen LogP contribution in [0.2, 0.25) is 0 Å². The lowest BCUT2D eigenvalue weighted by atomic mass is 10.0. The second-order valence-electron chi connectivity index (χ2n) is 3.70. The molecular formula is C11H15NO2. The summed E-state index contributed by atoms with van der Waals surface area (Å²) in [7, 11) is 3.84. The van der Waals surface area contributed by atoms with Gasteiger partial charge in [0, 0.05) is 6.54 Å². The maximum Gasteiger partial charge on any atom is 0.336 e. The van der Waals surface area contributed by atoms with Crippen molar-refractivity contribution in [1.29, 1.82) is 0 Å². The average Bonchev–Trinajstić information content (AvgIpc) is 2.07. The monoisotopic (exact) mass is 193 g/mol. The van der Waals surface area contributed by atoms with Crippen LogP contribution in [0.4, 0.5) is 0 Å². The summed E-state index contributed by atoms with van der Waals surface area (Å²) in [5.41, 5.74) is 2.23. The van der Waals surface area contributed by atoms with E-state index in [1.807, 2.05) is 38.1 Å². The highest BCUT2D eigenvalue weighted by Gasteiger charge is 2.10. The number of carboxylic acid groups (broad SMARTS) is 1. The third-order valence-corrected chi connectivity index (χ3v) is 1.98. The zero-order chi connectivity index (χ0) is 10.7. The van der Waals surface area contributed by atoms with Crippen molar-refractivity contribution >= 4 is 5.97 Å². The molecule has 14 heavy (non-hydrogen) atoms. The van der Waals surface area contributed by atoms with E-state index < -0.39 is 5.97 Å². The van der Waals surface area contributed by atoms with Gasteiger partial charge >= 0.3 is 5.97 Å². The Bertz CT molecular complexity index is 345. The van der Waals surface area contributed by atoms with E-state index in [1.165, 1.54) is 0 Å². The van der Waals surface area contributed by atoms with Crippen LogP contribution in [0.1, 0.15) is 21.5 Å². The van der Waals surface area contributed by atoms with Crippen molar-refractivity contribution in [2.24, 2.45) is 0 Å². The lowest BCUT2D eigenvalue weighted by molar-refractivity contribution is 0.0695. The van der Waals surface area contributed by atoms with Crippen LogP contribution < -0.4 is 0 Å².